The molecule has 4 rings (SSSR count). The lowest BCUT2D eigenvalue weighted by Crippen LogP contribution is -2.40. The SMILES string of the molecule is O=C(OCc1ccccc1)[C@H]1C[C@H](ON2C(=O)c3ccccc3C2=O)CN1C(=O)O. The van der Waals surface area contributed by atoms with Gasteiger partial charge in [-0.2, -0.15) is 0 Å². The van der Waals surface area contributed by atoms with E-state index in [0.29, 0.717) is 5.06 Å². The molecule has 3 amide bonds. The number of hydroxylamine groups is 2. The molecule has 0 aliphatic carbocycles. The number of hydrogen-bond donors (Lipinski definition) is 1. The maximum absolute atomic E-state index is 12.5. The number of esters is 1. The van der Waals surface area contributed by atoms with Crippen LogP contribution in [-0.4, -0.2) is 57.6 Å². The summed E-state index contributed by atoms with van der Waals surface area (Å²) < 4.78 is 5.26. The Morgan fingerprint density at radius 2 is 1.57 bits per heavy atom. The molecule has 30 heavy (non-hydrogen) atoms. The second kappa shape index (κ2) is 7.96. The zero-order valence-corrected chi connectivity index (χ0v) is 15.8. The van der Waals surface area contributed by atoms with Crippen molar-refractivity contribution in [2.24, 2.45) is 0 Å². The molecule has 0 saturated carbocycles. The highest BCUT2D eigenvalue weighted by atomic mass is 16.7. The molecule has 2 atom stereocenters. The van der Waals surface area contributed by atoms with Crippen molar-refractivity contribution >= 4 is 23.9 Å². The van der Waals surface area contributed by atoms with Crippen LogP contribution < -0.4 is 0 Å². The van der Waals surface area contributed by atoms with E-state index < -0.39 is 36.0 Å². The molecule has 2 aliphatic rings. The fourth-order valence-corrected chi connectivity index (χ4v) is 3.55. The number of carbonyl (C=O) groups excluding carboxylic acids is 3. The molecule has 0 radical (unpaired) electrons. The normalized spacial score (nSPS) is 20.4. The third-order valence-electron chi connectivity index (χ3n) is 5.02. The minimum absolute atomic E-state index is 0.00750. The van der Waals surface area contributed by atoms with Gasteiger partial charge in [-0.25, -0.2) is 9.59 Å². The van der Waals surface area contributed by atoms with Gasteiger partial charge in [0.1, 0.15) is 18.8 Å². The van der Waals surface area contributed by atoms with E-state index in [4.69, 9.17) is 9.57 Å². The van der Waals surface area contributed by atoms with Crippen LogP contribution in [0, 0.1) is 0 Å². The van der Waals surface area contributed by atoms with E-state index in [1.807, 2.05) is 6.07 Å². The first-order valence-corrected chi connectivity index (χ1v) is 9.30. The Hall–Kier alpha value is -3.72. The standard InChI is InChI=1S/C21H18N2O7/c24-18-15-8-4-5-9-16(15)19(25)23(18)30-14-10-17(22(11-14)21(27)28)20(26)29-12-13-6-2-1-3-7-13/h1-9,14,17H,10-12H2,(H,27,28)/t14-,17+/m0/s1. The first-order chi connectivity index (χ1) is 14.5. The van der Waals surface area contributed by atoms with Crippen LogP contribution in [0.1, 0.15) is 32.7 Å². The molecular weight excluding hydrogens is 392 g/mol. The summed E-state index contributed by atoms with van der Waals surface area (Å²) in [5.74, 6) is -1.95. The molecule has 0 spiro atoms. The van der Waals surface area contributed by atoms with Gasteiger partial charge in [0.15, 0.2) is 0 Å². The number of ether oxygens (including phenoxy) is 1. The molecule has 154 valence electrons. The van der Waals surface area contributed by atoms with Crippen LogP contribution in [0.3, 0.4) is 0 Å². The van der Waals surface area contributed by atoms with Crippen molar-refractivity contribution < 1.29 is 33.9 Å². The highest BCUT2D eigenvalue weighted by Crippen LogP contribution is 2.28. The molecule has 2 aliphatic heterocycles. The first-order valence-electron chi connectivity index (χ1n) is 9.30. The molecule has 0 aromatic heterocycles. The van der Waals surface area contributed by atoms with Gasteiger partial charge in [-0.3, -0.25) is 19.3 Å². The van der Waals surface area contributed by atoms with E-state index in [9.17, 15) is 24.3 Å². The van der Waals surface area contributed by atoms with Gasteiger partial charge in [0.2, 0.25) is 0 Å². The van der Waals surface area contributed by atoms with Gasteiger partial charge in [-0.15, -0.1) is 5.06 Å². The van der Waals surface area contributed by atoms with Gasteiger partial charge in [-0.05, 0) is 17.7 Å². The van der Waals surface area contributed by atoms with Gasteiger partial charge in [-0.1, -0.05) is 42.5 Å². The molecule has 1 saturated heterocycles. The number of likely N-dealkylation sites (tertiary alicyclic amines) is 1. The molecular formula is C21H18N2O7. The lowest BCUT2D eigenvalue weighted by Gasteiger charge is -2.19. The first kappa shape index (κ1) is 19.6. The van der Waals surface area contributed by atoms with E-state index in [1.54, 1.807) is 36.4 Å². The van der Waals surface area contributed by atoms with E-state index in [0.717, 1.165) is 10.5 Å². The summed E-state index contributed by atoms with van der Waals surface area (Å²) >= 11 is 0. The number of amides is 3. The monoisotopic (exact) mass is 410 g/mol. The summed E-state index contributed by atoms with van der Waals surface area (Å²) in [6.07, 6.45) is -2.20. The average molecular weight is 410 g/mol. The van der Waals surface area contributed by atoms with Crippen molar-refractivity contribution in [2.75, 3.05) is 6.54 Å². The van der Waals surface area contributed by atoms with Gasteiger partial charge in [0.25, 0.3) is 11.8 Å². The van der Waals surface area contributed by atoms with Crippen molar-refractivity contribution in [3.8, 4) is 0 Å². The maximum Gasteiger partial charge on any atom is 0.408 e. The number of imide groups is 1. The Labute approximate surface area is 171 Å². The Morgan fingerprint density at radius 1 is 0.967 bits per heavy atom. The summed E-state index contributed by atoms with van der Waals surface area (Å²) in [5, 5.41) is 10.1. The second-order valence-electron chi connectivity index (χ2n) is 6.96. The fourth-order valence-electron chi connectivity index (χ4n) is 3.55. The minimum Gasteiger partial charge on any atom is -0.465 e. The summed E-state index contributed by atoms with van der Waals surface area (Å²) in [6.45, 7) is -0.165. The Balaban J connectivity index is 1.43. The Bertz CT molecular complexity index is 972. The molecule has 2 aromatic rings. The van der Waals surface area contributed by atoms with Crippen molar-refractivity contribution in [1.82, 2.24) is 9.96 Å². The summed E-state index contributed by atoms with van der Waals surface area (Å²) in [7, 11) is 0. The van der Waals surface area contributed by atoms with Gasteiger partial charge in [0, 0.05) is 6.42 Å². The highest BCUT2D eigenvalue weighted by Gasteiger charge is 2.45. The molecule has 2 heterocycles. The lowest BCUT2D eigenvalue weighted by atomic mass is 10.1. The number of carboxylic acid groups (broad SMARTS) is 1. The Kier molecular flexibility index (Phi) is 5.20. The zero-order chi connectivity index (χ0) is 21.3. The summed E-state index contributed by atoms with van der Waals surface area (Å²) in [4.78, 5) is 55.4. The van der Waals surface area contributed by atoms with E-state index in [2.05, 4.69) is 0 Å². The van der Waals surface area contributed by atoms with Crippen LogP contribution in [0.2, 0.25) is 0 Å². The van der Waals surface area contributed by atoms with Crippen LogP contribution in [0.5, 0.6) is 0 Å². The van der Waals surface area contributed by atoms with Crippen molar-refractivity contribution in [3.63, 3.8) is 0 Å². The number of hydrogen-bond acceptors (Lipinski definition) is 6. The Morgan fingerprint density at radius 3 is 2.17 bits per heavy atom. The predicted molar refractivity (Wildman–Crippen MR) is 101 cm³/mol. The van der Waals surface area contributed by atoms with Crippen molar-refractivity contribution in [3.05, 3.63) is 71.3 Å². The number of nitrogens with zero attached hydrogens (tertiary/aromatic N) is 2. The van der Waals surface area contributed by atoms with E-state index >= 15 is 0 Å². The number of benzene rings is 2. The largest absolute Gasteiger partial charge is 0.465 e. The molecule has 2 aromatic carbocycles. The maximum atomic E-state index is 12.5. The molecule has 9 nitrogen and oxygen atoms in total. The molecule has 9 heteroatoms. The lowest BCUT2D eigenvalue weighted by molar-refractivity contribution is -0.150. The van der Waals surface area contributed by atoms with Crippen molar-refractivity contribution in [1.29, 1.82) is 0 Å². The van der Waals surface area contributed by atoms with E-state index in [-0.39, 0.29) is 30.7 Å². The molecule has 1 fully saturated rings. The van der Waals surface area contributed by atoms with E-state index in [1.165, 1.54) is 12.1 Å². The number of carbonyl (C=O) groups is 4. The number of rotatable bonds is 5. The fraction of sp³-hybridized carbons (Fsp3) is 0.238. The predicted octanol–water partition coefficient (Wildman–Crippen LogP) is 2.08. The molecule has 1 N–H and O–H groups in total. The third-order valence-corrected chi connectivity index (χ3v) is 5.02. The van der Waals surface area contributed by atoms with Crippen LogP contribution in [0.4, 0.5) is 4.79 Å². The van der Waals surface area contributed by atoms with Crippen molar-refractivity contribution in [2.45, 2.75) is 25.2 Å². The quantitative estimate of drug-likeness (QED) is 0.593. The smallest absolute Gasteiger partial charge is 0.408 e. The highest BCUT2D eigenvalue weighted by molar-refractivity contribution is 6.20. The molecule has 0 unspecified atom stereocenters. The van der Waals surface area contributed by atoms with Crippen LogP contribution in [-0.2, 0) is 21.0 Å². The summed E-state index contributed by atoms with van der Waals surface area (Å²) in [5.41, 5.74) is 1.20. The third kappa shape index (κ3) is 3.62. The second-order valence-corrected chi connectivity index (χ2v) is 6.96. The average Bonchev–Trinajstić information content (AvgIpc) is 3.29. The van der Waals surface area contributed by atoms with Crippen LogP contribution in [0.15, 0.2) is 54.6 Å². The zero-order valence-electron chi connectivity index (χ0n) is 15.8. The number of fused-ring (bicyclic) bond motifs is 1. The van der Waals surface area contributed by atoms with Crippen LogP contribution in [0.25, 0.3) is 0 Å². The molecule has 0 bridgehead atoms. The van der Waals surface area contributed by atoms with Gasteiger partial charge < -0.3 is 9.84 Å². The topological polar surface area (TPSA) is 113 Å². The summed E-state index contributed by atoms with van der Waals surface area (Å²) in [6, 6.07) is 14.2. The van der Waals surface area contributed by atoms with Gasteiger partial charge >= 0.3 is 12.1 Å². The minimum atomic E-state index is -1.31. The van der Waals surface area contributed by atoms with Crippen LogP contribution >= 0.6 is 0 Å². The van der Waals surface area contributed by atoms with Gasteiger partial charge in [0.05, 0.1) is 17.7 Å².